The predicted molar refractivity (Wildman–Crippen MR) is 160 cm³/mol. The lowest BCUT2D eigenvalue weighted by atomic mass is 10.0. The Bertz CT molecular complexity index is 1830. The average Bonchev–Trinajstić information content (AvgIpc) is 3.03. The Labute approximate surface area is 241 Å². The van der Waals surface area contributed by atoms with Gasteiger partial charge in [-0.15, -0.1) is 0 Å². The van der Waals surface area contributed by atoms with Crippen LogP contribution in [0.5, 0.6) is 17.2 Å². The number of nitrogens with one attached hydrogen (secondary N) is 2. The third-order valence-corrected chi connectivity index (χ3v) is 6.58. The molecule has 9 nitrogen and oxygen atoms in total. The topological polar surface area (TPSA) is 115 Å². The van der Waals surface area contributed by atoms with E-state index in [-0.39, 0.29) is 23.8 Å². The molecule has 0 spiro atoms. The van der Waals surface area contributed by atoms with Crippen molar-refractivity contribution in [2.24, 2.45) is 5.10 Å². The minimum absolute atomic E-state index is 0.246. The third-order valence-electron chi connectivity index (χ3n) is 6.58. The zero-order valence-corrected chi connectivity index (χ0v) is 22.9. The summed E-state index contributed by atoms with van der Waals surface area (Å²) in [6.45, 7) is -0.282. The lowest BCUT2D eigenvalue weighted by Crippen LogP contribution is -2.35. The molecule has 42 heavy (non-hydrogen) atoms. The molecule has 0 unspecified atom stereocenters. The van der Waals surface area contributed by atoms with Crippen LogP contribution in [0.4, 0.5) is 0 Å². The summed E-state index contributed by atoms with van der Waals surface area (Å²) in [5.74, 6) is -0.385. The zero-order valence-electron chi connectivity index (χ0n) is 22.9. The van der Waals surface area contributed by atoms with E-state index in [0.29, 0.717) is 22.6 Å². The van der Waals surface area contributed by atoms with Crippen LogP contribution < -0.4 is 25.0 Å². The zero-order chi connectivity index (χ0) is 29.5. The first-order valence-electron chi connectivity index (χ1n) is 13.0. The van der Waals surface area contributed by atoms with Crippen molar-refractivity contribution in [2.75, 3.05) is 20.8 Å². The highest BCUT2D eigenvalue weighted by Crippen LogP contribution is 2.30. The molecule has 0 fully saturated rings. The second-order valence-electron chi connectivity index (χ2n) is 9.16. The molecule has 0 heterocycles. The molecule has 210 valence electrons. The molecular formula is C33H27N3O6. The minimum atomic E-state index is -0.610. The van der Waals surface area contributed by atoms with Crippen LogP contribution in [0.2, 0.25) is 0 Å². The van der Waals surface area contributed by atoms with Crippen molar-refractivity contribution in [3.63, 3.8) is 0 Å². The lowest BCUT2D eigenvalue weighted by molar-refractivity contribution is -0.120. The van der Waals surface area contributed by atoms with Crippen LogP contribution >= 0.6 is 0 Å². The highest BCUT2D eigenvalue weighted by Gasteiger charge is 2.16. The maximum atomic E-state index is 13.0. The first kappa shape index (κ1) is 27.9. The van der Waals surface area contributed by atoms with E-state index in [0.717, 1.165) is 21.5 Å². The minimum Gasteiger partial charge on any atom is -0.493 e. The van der Waals surface area contributed by atoms with Gasteiger partial charge in [-0.3, -0.25) is 9.59 Å². The molecule has 5 aromatic carbocycles. The van der Waals surface area contributed by atoms with Crippen molar-refractivity contribution in [1.82, 2.24) is 10.7 Å². The fourth-order valence-electron chi connectivity index (χ4n) is 4.51. The second kappa shape index (κ2) is 12.6. The summed E-state index contributed by atoms with van der Waals surface area (Å²) in [5, 5.41) is 10.1. The van der Waals surface area contributed by atoms with Crippen LogP contribution in [-0.4, -0.2) is 44.8 Å². The molecule has 5 aromatic rings. The van der Waals surface area contributed by atoms with Crippen molar-refractivity contribution >= 4 is 45.5 Å². The predicted octanol–water partition coefficient (Wildman–Crippen LogP) is 5.11. The van der Waals surface area contributed by atoms with Gasteiger partial charge in [-0.1, -0.05) is 66.7 Å². The van der Waals surface area contributed by atoms with Gasteiger partial charge < -0.3 is 19.5 Å². The molecule has 0 saturated carbocycles. The molecule has 0 aromatic heterocycles. The van der Waals surface area contributed by atoms with Crippen LogP contribution in [0.15, 0.2) is 102 Å². The Kier molecular flexibility index (Phi) is 8.39. The van der Waals surface area contributed by atoms with Gasteiger partial charge in [0.15, 0.2) is 11.5 Å². The van der Waals surface area contributed by atoms with Crippen molar-refractivity contribution in [3.05, 3.63) is 114 Å². The number of carbonyl (C=O) groups is 3. The number of benzene rings is 5. The number of ether oxygens (including phenoxy) is 3. The Morgan fingerprint density at radius 3 is 2.17 bits per heavy atom. The SMILES string of the molecule is COc1ccc(C(=O)Oc2ccc3ccccc3c2/C=N/NC(=O)CNC(=O)c2cccc3ccccc23)cc1OC. The van der Waals surface area contributed by atoms with Gasteiger partial charge in [0.25, 0.3) is 11.8 Å². The molecule has 0 atom stereocenters. The third kappa shape index (κ3) is 6.05. The Hall–Kier alpha value is -5.70. The molecule has 0 aliphatic carbocycles. The van der Waals surface area contributed by atoms with Crippen molar-refractivity contribution in [1.29, 1.82) is 0 Å². The lowest BCUT2D eigenvalue weighted by Gasteiger charge is -2.12. The van der Waals surface area contributed by atoms with Crippen LogP contribution in [0, 0.1) is 0 Å². The van der Waals surface area contributed by atoms with Crippen LogP contribution in [0.25, 0.3) is 21.5 Å². The number of esters is 1. The molecule has 5 rings (SSSR count). The number of rotatable bonds is 9. The molecule has 0 bridgehead atoms. The number of hydrogen-bond donors (Lipinski definition) is 2. The number of carbonyl (C=O) groups excluding carboxylic acids is 3. The van der Waals surface area contributed by atoms with Gasteiger partial charge in [0.05, 0.1) is 32.5 Å². The highest BCUT2D eigenvalue weighted by molar-refractivity contribution is 6.08. The van der Waals surface area contributed by atoms with Gasteiger partial charge >= 0.3 is 5.97 Å². The molecule has 0 aliphatic heterocycles. The first-order chi connectivity index (χ1) is 20.5. The van der Waals surface area contributed by atoms with Gasteiger partial charge in [-0.2, -0.15) is 5.10 Å². The van der Waals surface area contributed by atoms with E-state index < -0.39 is 11.9 Å². The summed E-state index contributed by atoms with van der Waals surface area (Å²) in [6, 6.07) is 28.7. The summed E-state index contributed by atoms with van der Waals surface area (Å²) in [6.07, 6.45) is 1.41. The van der Waals surface area contributed by atoms with Gasteiger partial charge in [0.2, 0.25) is 0 Å². The largest absolute Gasteiger partial charge is 0.493 e. The van der Waals surface area contributed by atoms with Crippen molar-refractivity contribution in [2.45, 2.75) is 0 Å². The van der Waals surface area contributed by atoms with Gasteiger partial charge in [0, 0.05) is 11.1 Å². The monoisotopic (exact) mass is 561 g/mol. The number of nitrogens with zero attached hydrogens (tertiary/aromatic N) is 1. The van der Waals surface area contributed by atoms with E-state index in [2.05, 4.69) is 15.8 Å². The van der Waals surface area contributed by atoms with E-state index >= 15 is 0 Å². The number of hydrogen-bond acceptors (Lipinski definition) is 7. The first-order valence-corrected chi connectivity index (χ1v) is 13.0. The fraction of sp³-hybridized carbons (Fsp3) is 0.0909. The smallest absolute Gasteiger partial charge is 0.343 e. The number of methoxy groups -OCH3 is 2. The second-order valence-corrected chi connectivity index (χ2v) is 9.16. The van der Waals surface area contributed by atoms with E-state index in [9.17, 15) is 14.4 Å². The maximum absolute atomic E-state index is 13.0. The average molecular weight is 562 g/mol. The molecule has 9 heteroatoms. The number of hydrazone groups is 1. The van der Waals surface area contributed by atoms with Crippen molar-refractivity contribution < 1.29 is 28.6 Å². The quantitative estimate of drug-likeness (QED) is 0.112. The van der Waals surface area contributed by atoms with Crippen LogP contribution in [0.1, 0.15) is 26.3 Å². The van der Waals surface area contributed by atoms with Gasteiger partial charge in [0.1, 0.15) is 5.75 Å². The van der Waals surface area contributed by atoms with Crippen LogP contribution in [-0.2, 0) is 4.79 Å². The maximum Gasteiger partial charge on any atom is 0.343 e. The standard InChI is InChI=1S/C33H27N3O6/c1-40-29-17-15-23(18-30(29)41-2)33(39)42-28-16-14-22-9-4-6-12-25(22)27(28)19-35-36-31(37)20-34-32(38)26-13-7-10-21-8-3-5-11-24(21)26/h3-19H,20H2,1-2H3,(H,34,38)(H,36,37)/b35-19+. The summed E-state index contributed by atoms with van der Waals surface area (Å²) in [5.41, 5.74) is 3.65. The molecule has 0 radical (unpaired) electrons. The summed E-state index contributed by atoms with van der Waals surface area (Å²) < 4.78 is 16.3. The number of fused-ring (bicyclic) bond motifs is 2. The Balaban J connectivity index is 1.30. The summed E-state index contributed by atoms with van der Waals surface area (Å²) in [4.78, 5) is 38.3. The van der Waals surface area contributed by atoms with Crippen molar-refractivity contribution in [3.8, 4) is 17.2 Å². The molecule has 0 saturated heterocycles. The van der Waals surface area contributed by atoms with Gasteiger partial charge in [-0.05, 0) is 51.9 Å². The Morgan fingerprint density at radius 1 is 0.738 bits per heavy atom. The fourth-order valence-corrected chi connectivity index (χ4v) is 4.51. The van der Waals surface area contributed by atoms with E-state index in [4.69, 9.17) is 14.2 Å². The molecule has 0 aliphatic rings. The molecule has 2 N–H and O–H groups in total. The molecule has 2 amide bonds. The highest BCUT2D eigenvalue weighted by atomic mass is 16.5. The Morgan fingerprint density at radius 2 is 1.40 bits per heavy atom. The molecular weight excluding hydrogens is 534 g/mol. The normalized spacial score (nSPS) is 10.9. The van der Waals surface area contributed by atoms with Gasteiger partial charge in [-0.25, -0.2) is 10.2 Å². The van der Waals surface area contributed by atoms with Crippen LogP contribution in [0.3, 0.4) is 0 Å². The summed E-state index contributed by atoms with van der Waals surface area (Å²) >= 11 is 0. The van der Waals surface area contributed by atoms with E-state index in [1.807, 2.05) is 60.7 Å². The van der Waals surface area contributed by atoms with E-state index in [1.54, 1.807) is 30.3 Å². The van der Waals surface area contributed by atoms with E-state index in [1.165, 1.54) is 26.5 Å². The number of amides is 2. The summed E-state index contributed by atoms with van der Waals surface area (Å²) in [7, 11) is 2.99.